The molecule has 0 atom stereocenters. The summed E-state index contributed by atoms with van der Waals surface area (Å²) in [6.07, 6.45) is 5.06. The van der Waals surface area contributed by atoms with Crippen LogP contribution in [0.2, 0.25) is 0 Å². The first-order valence-corrected chi connectivity index (χ1v) is 6.54. The smallest absolute Gasteiger partial charge is 0.374 e. The fraction of sp³-hybridized carbons (Fsp3) is 0.333. The summed E-state index contributed by atoms with van der Waals surface area (Å²) in [5, 5.41) is 12.7. The number of aromatic nitrogens is 1. The highest BCUT2D eigenvalue weighted by molar-refractivity contribution is 5.85. The Hall–Kier alpha value is -2.10. The maximum atomic E-state index is 10.8. The summed E-state index contributed by atoms with van der Waals surface area (Å²) >= 11 is 0. The lowest BCUT2D eigenvalue weighted by molar-refractivity contribution is 0.0652. The summed E-state index contributed by atoms with van der Waals surface area (Å²) in [5.74, 6) is -0.585. The third-order valence-corrected chi connectivity index (χ3v) is 3.73. The minimum atomic E-state index is -1.09. The Labute approximate surface area is 111 Å². The van der Waals surface area contributed by atoms with E-state index in [-0.39, 0.29) is 5.76 Å². The highest BCUT2D eigenvalue weighted by atomic mass is 16.5. The van der Waals surface area contributed by atoms with Crippen molar-refractivity contribution >= 4 is 5.97 Å². The van der Waals surface area contributed by atoms with Gasteiger partial charge in [-0.1, -0.05) is 36.2 Å². The van der Waals surface area contributed by atoms with Gasteiger partial charge in [0.05, 0.1) is 0 Å². The Kier molecular flexibility index (Phi) is 3.07. The Morgan fingerprint density at radius 2 is 2.05 bits per heavy atom. The summed E-state index contributed by atoms with van der Waals surface area (Å²) < 4.78 is 4.80. The van der Waals surface area contributed by atoms with Crippen LogP contribution in [0.1, 0.15) is 47.7 Å². The van der Waals surface area contributed by atoms with Crippen molar-refractivity contribution in [1.82, 2.24) is 5.16 Å². The monoisotopic (exact) mass is 257 g/mol. The molecule has 1 saturated carbocycles. The number of carboxylic acids is 1. The number of benzene rings is 1. The van der Waals surface area contributed by atoms with Crippen LogP contribution in [0.4, 0.5) is 0 Å². The van der Waals surface area contributed by atoms with Gasteiger partial charge >= 0.3 is 5.97 Å². The van der Waals surface area contributed by atoms with Gasteiger partial charge in [0, 0.05) is 11.6 Å². The number of carbonyl (C=O) groups is 1. The Balaban J connectivity index is 1.91. The number of rotatable bonds is 3. The number of aromatic carboxylic acids is 1. The predicted molar refractivity (Wildman–Crippen MR) is 70.1 cm³/mol. The van der Waals surface area contributed by atoms with Gasteiger partial charge in [-0.15, -0.1) is 0 Å². The zero-order valence-electron chi connectivity index (χ0n) is 10.5. The molecule has 1 N–H and O–H groups in total. The van der Waals surface area contributed by atoms with Crippen molar-refractivity contribution in [3.8, 4) is 11.3 Å². The minimum absolute atomic E-state index is 0.124. The van der Waals surface area contributed by atoms with Gasteiger partial charge in [0.15, 0.2) is 0 Å². The van der Waals surface area contributed by atoms with Crippen LogP contribution >= 0.6 is 0 Å². The third-order valence-electron chi connectivity index (χ3n) is 3.73. The van der Waals surface area contributed by atoms with E-state index in [0.717, 1.165) is 5.56 Å². The van der Waals surface area contributed by atoms with Crippen LogP contribution in [0.5, 0.6) is 0 Å². The molecule has 0 aliphatic heterocycles. The SMILES string of the molecule is O=C(O)c1cc(-c2cccc(C3CCCC3)c2)no1. The molecule has 0 unspecified atom stereocenters. The average molecular weight is 257 g/mol. The van der Waals surface area contributed by atoms with Crippen molar-refractivity contribution < 1.29 is 14.4 Å². The van der Waals surface area contributed by atoms with Crippen LogP contribution in [-0.4, -0.2) is 16.2 Å². The van der Waals surface area contributed by atoms with Crippen LogP contribution < -0.4 is 0 Å². The molecule has 1 aromatic heterocycles. The topological polar surface area (TPSA) is 63.3 Å². The molecule has 0 saturated heterocycles. The molecular weight excluding hydrogens is 242 g/mol. The van der Waals surface area contributed by atoms with Crippen molar-refractivity contribution in [3.63, 3.8) is 0 Å². The van der Waals surface area contributed by atoms with Gasteiger partial charge in [0.1, 0.15) is 5.69 Å². The molecule has 0 radical (unpaired) electrons. The maximum absolute atomic E-state index is 10.8. The van der Waals surface area contributed by atoms with Gasteiger partial charge in [-0.3, -0.25) is 0 Å². The van der Waals surface area contributed by atoms with Gasteiger partial charge in [0.2, 0.25) is 5.76 Å². The molecule has 1 aliphatic rings. The van der Waals surface area contributed by atoms with Crippen molar-refractivity contribution in [3.05, 3.63) is 41.7 Å². The lowest BCUT2D eigenvalue weighted by Crippen LogP contribution is -1.92. The van der Waals surface area contributed by atoms with Crippen LogP contribution in [0, 0.1) is 0 Å². The average Bonchev–Trinajstić information content (AvgIpc) is 3.10. The standard InChI is InChI=1S/C15H15NO3/c17-15(18)14-9-13(16-19-14)12-7-3-6-11(8-12)10-4-1-2-5-10/h3,6-10H,1-2,4-5H2,(H,17,18). The second-order valence-electron chi connectivity index (χ2n) is 4.99. The Bertz CT molecular complexity index is 597. The summed E-state index contributed by atoms with van der Waals surface area (Å²) in [5.41, 5.74) is 2.81. The van der Waals surface area contributed by atoms with Crippen LogP contribution in [0.25, 0.3) is 11.3 Å². The zero-order chi connectivity index (χ0) is 13.2. The first-order valence-electron chi connectivity index (χ1n) is 6.54. The Morgan fingerprint density at radius 3 is 2.74 bits per heavy atom. The molecule has 1 aromatic carbocycles. The fourth-order valence-corrected chi connectivity index (χ4v) is 2.72. The lowest BCUT2D eigenvalue weighted by atomic mass is 9.95. The van der Waals surface area contributed by atoms with Crippen molar-refractivity contribution in [1.29, 1.82) is 0 Å². The molecule has 4 nitrogen and oxygen atoms in total. The van der Waals surface area contributed by atoms with E-state index in [4.69, 9.17) is 9.63 Å². The molecule has 0 bridgehead atoms. The highest BCUT2D eigenvalue weighted by Gasteiger charge is 2.18. The molecule has 0 amide bonds. The van der Waals surface area contributed by atoms with Crippen molar-refractivity contribution in [2.24, 2.45) is 0 Å². The number of carboxylic acid groups (broad SMARTS) is 1. The maximum Gasteiger partial charge on any atom is 0.374 e. The second kappa shape index (κ2) is 4.88. The van der Waals surface area contributed by atoms with E-state index in [0.29, 0.717) is 11.6 Å². The lowest BCUT2D eigenvalue weighted by Gasteiger charge is -2.10. The number of hydrogen-bond acceptors (Lipinski definition) is 3. The van der Waals surface area contributed by atoms with E-state index in [1.54, 1.807) is 0 Å². The predicted octanol–water partition coefficient (Wildman–Crippen LogP) is 3.70. The largest absolute Gasteiger partial charge is 0.475 e. The van der Waals surface area contributed by atoms with Gasteiger partial charge in [-0.05, 0) is 30.4 Å². The summed E-state index contributed by atoms with van der Waals surface area (Å²) in [4.78, 5) is 10.8. The summed E-state index contributed by atoms with van der Waals surface area (Å²) in [6.45, 7) is 0. The van der Waals surface area contributed by atoms with E-state index in [2.05, 4.69) is 17.3 Å². The molecule has 98 valence electrons. The van der Waals surface area contributed by atoms with E-state index >= 15 is 0 Å². The van der Waals surface area contributed by atoms with Gasteiger partial charge in [0.25, 0.3) is 0 Å². The molecule has 0 spiro atoms. The van der Waals surface area contributed by atoms with Gasteiger partial charge < -0.3 is 9.63 Å². The van der Waals surface area contributed by atoms with Crippen LogP contribution in [0.3, 0.4) is 0 Å². The highest BCUT2D eigenvalue weighted by Crippen LogP contribution is 2.35. The number of nitrogens with zero attached hydrogens (tertiary/aromatic N) is 1. The first kappa shape index (κ1) is 12.0. The molecule has 4 heteroatoms. The van der Waals surface area contributed by atoms with E-state index in [9.17, 15) is 4.79 Å². The van der Waals surface area contributed by atoms with Crippen molar-refractivity contribution in [2.75, 3.05) is 0 Å². The van der Waals surface area contributed by atoms with E-state index in [1.165, 1.54) is 37.3 Å². The first-order chi connectivity index (χ1) is 9.24. The van der Waals surface area contributed by atoms with Crippen LogP contribution in [0.15, 0.2) is 34.9 Å². The van der Waals surface area contributed by atoms with Gasteiger partial charge in [-0.25, -0.2) is 4.79 Å². The fourth-order valence-electron chi connectivity index (χ4n) is 2.72. The molecule has 1 fully saturated rings. The van der Waals surface area contributed by atoms with Gasteiger partial charge in [-0.2, -0.15) is 0 Å². The molecule has 2 aromatic rings. The summed E-state index contributed by atoms with van der Waals surface area (Å²) in [6, 6.07) is 9.63. The minimum Gasteiger partial charge on any atom is -0.475 e. The summed E-state index contributed by atoms with van der Waals surface area (Å²) in [7, 11) is 0. The third kappa shape index (κ3) is 2.38. The quantitative estimate of drug-likeness (QED) is 0.910. The normalized spacial score (nSPS) is 15.8. The Morgan fingerprint density at radius 1 is 1.26 bits per heavy atom. The second-order valence-corrected chi connectivity index (χ2v) is 4.99. The molecular formula is C15H15NO3. The van der Waals surface area contributed by atoms with Crippen LogP contribution in [-0.2, 0) is 0 Å². The molecule has 3 rings (SSSR count). The number of hydrogen-bond donors (Lipinski definition) is 1. The van der Waals surface area contributed by atoms with E-state index < -0.39 is 5.97 Å². The zero-order valence-corrected chi connectivity index (χ0v) is 10.5. The molecule has 1 aliphatic carbocycles. The molecule has 1 heterocycles. The van der Waals surface area contributed by atoms with E-state index in [1.807, 2.05) is 12.1 Å². The molecule has 19 heavy (non-hydrogen) atoms. The van der Waals surface area contributed by atoms with Crippen molar-refractivity contribution in [2.45, 2.75) is 31.6 Å².